The molecule has 0 spiro atoms. The van der Waals surface area contributed by atoms with E-state index in [1.54, 1.807) is 24.5 Å². The molecule has 7 nitrogen and oxygen atoms in total. The molecule has 0 radical (unpaired) electrons. The lowest BCUT2D eigenvalue weighted by Crippen LogP contribution is -2.47. The van der Waals surface area contributed by atoms with Crippen LogP contribution in [0.5, 0.6) is 0 Å². The molecule has 10 heteroatoms. The number of aryl methyl sites for hydroxylation is 1. The number of nitrogens with one attached hydrogen (secondary N) is 1. The predicted octanol–water partition coefficient (Wildman–Crippen LogP) is 5.34. The number of amides is 1. The Kier molecular flexibility index (Phi) is 7.21. The van der Waals surface area contributed by atoms with E-state index < -0.39 is 17.6 Å². The van der Waals surface area contributed by atoms with Crippen LogP contribution in [-0.2, 0) is 39.2 Å². The van der Waals surface area contributed by atoms with Gasteiger partial charge in [-0.2, -0.15) is 18.4 Å². The fourth-order valence-corrected chi connectivity index (χ4v) is 5.51. The van der Waals surface area contributed by atoms with Crippen molar-refractivity contribution in [3.63, 3.8) is 0 Å². The van der Waals surface area contributed by atoms with Crippen LogP contribution in [0.15, 0.2) is 42.7 Å². The van der Waals surface area contributed by atoms with Gasteiger partial charge in [-0.15, -0.1) is 10.2 Å². The van der Waals surface area contributed by atoms with Gasteiger partial charge in [-0.1, -0.05) is 12.1 Å². The molecule has 1 aliphatic carbocycles. The van der Waals surface area contributed by atoms with Crippen LogP contribution in [0.4, 0.5) is 18.9 Å². The number of anilines is 1. The summed E-state index contributed by atoms with van der Waals surface area (Å²) in [5, 5.41) is 20.7. The van der Waals surface area contributed by atoms with Crippen molar-refractivity contribution >= 4 is 11.6 Å². The highest BCUT2D eigenvalue weighted by Gasteiger charge is 2.41. The molecule has 1 aliphatic heterocycles. The molecule has 204 valence electrons. The number of hydrogen-bond donors (Lipinski definition) is 1. The first-order valence-corrected chi connectivity index (χ1v) is 13.1. The maximum Gasteiger partial charge on any atom is 0.416 e. The number of alkyl halides is 3. The number of nitrogens with zero attached hydrogens (tertiary/aromatic N) is 5. The molecule has 0 unspecified atom stereocenters. The van der Waals surface area contributed by atoms with Crippen molar-refractivity contribution < 1.29 is 18.0 Å². The van der Waals surface area contributed by atoms with Crippen LogP contribution in [0.3, 0.4) is 0 Å². The molecule has 5 rings (SSSR count). The standard InChI is InChI=1S/C29H31F3N6O/c1-28(8-4-9-28)34-16-21-13-23-24(25(14-21)29(30,31)32)17-38(27(23)39)22-6-3-5-19(12-22)11-20(7-10-33)15-26-36-35-18-37(26)2/h3,5-6,12-14,18,20,34H,4,7-9,11,15-17H2,1-2H3/t20-/m1/s1. The molecular formula is C29H31F3N6O. The smallest absolute Gasteiger partial charge is 0.321 e. The number of carbonyl (C=O) groups is 1. The van der Waals surface area contributed by atoms with Gasteiger partial charge in [0, 0.05) is 43.2 Å². The van der Waals surface area contributed by atoms with Crippen LogP contribution in [0.1, 0.15) is 71.0 Å². The molecule has 2 heterocycles. The molecular weight excluding hydrogens is 505 g/mol. The van der Waals surface area contributed by atoms with E-state index in [0.717, 1.165) is 30.7 Å². The summed E-state index contributed by atoms with van der Waals surface area (Å²) in [5.41, 5.74) is 1.20. The van der Waals surface area contributed by atoms with Crippen molar-refractivity contribution in [2.45, 2.75) is 70.3 Å². The van der Waals surface area contributed by atoms with Crippen LogP contribution in [0, 0.1) is 17.2 Å². The first-order chi connectivity index (χ1) is 18.6. The number of halogens is 3. The van der Waals surface area contributed by atoms with Crippen LogP contribution in [0.2, 0.25) is 0 Å². The van der Waals surface area contributed by atoms with E-state index in [-0.39, 0.29) is 35.7 Å². The predicted molar refractivity (Wildman–Crippen MR) is 140 cm³/mol. The second-order valence-electron chi connectivity index (χ2n) is 11.0. The fourth-order valence-electron chi connectivity index (χ4n) is 5.51. The zero-order chi connectivity index (χ0) is 27.8. The van der Waals surface area contributed by atoms with Crippen molar-refractivity contribution in [3.8, 4) is 6.07 Å². The number of carbonyl (C=O) groups excluding carboxylic acids is 1. The number of hydrogen-bond acceptors (Lipinski definition) is 5. The Morgan fingerprint density at radius 3 is 2.62 bits per heavy atom. The van der Waals surface area contributed by atoms with Gasteiger partial charge in [0.15, 0.2) is 0 Å². The third-order valence-electron chi connectivity index (χ3n) is 7.99. The van der Waals surface area contributed by atoms with Crippen molar-refractivity contribution in [2.24, 2.45) is 13.0 Å². The van der Waals surface area contributed by atoms with E-state index in [0.29, 0.717) is 30.5 Å². The fraction of sp³-hybridized carbons (Fsp3) is 0.448. The average molecular weight is 537 g/mol. The van der Waals surface area contributed by atoms with Gasteiger partial charge in [0.1, 0.15) is 12.2 Å². The normalized spacial score (nSPS) is 17.0. The Labute approximate surface area is 225 Å². The molecule has 1 aromatic heterocycles. The van der Waals surface area contributed by atoms with Crippen LogP contribution in [0.25, 0.3) is 0 Å². The van der Waals surface area contributed by atoms with E-state index in [9.17, 15) is 23.2 Å². The molecule has 1 amide bonds. The third-order valence-corrected chi connectivity index (χ3v) is 7.99. The van der Waals surface area contributed by atoms with E-state index in [4.69, 9.17) is 0 Å². The molecule has 1 saturated carbocycles. The molecule has 1 N–H and O–H groups in total. The highest BCUT2D eigenvalue weighted by Crippen LogP contribution is 2.40. The lowest BCUT2D eigenvalue weighted by molar-refractivity contribution is -0.138. The van der Waals surface area contributed by atoms with Gasteiger partial charge in [0.25, 0.3) is 5.91 Å². The molecule has 39 heavy (non-hydrogen) atoms. The SMILES string of the molecule is Cn1cnnc1C[C@H](CC#N)Cc1cccc(N2Cc3c(cc(CNC4(C)CCC4)cc3C(F)(F)F)C2=O)c1. The van der Waals surface area contributed by atoms with E-state index in [2.05, 4.69) is 28.5 Å². The van der Waals surface area contributed by atoms with Crippen molar-refractivity contribution in [1.82, 2.24) is 20.1 Å². The lowest BCUT2D eigenvalue weighted by atomic mass is 9.78. The summed E-state index contributed by atoms with van der Waals surface area (Å²) < 4.78 is 44.1. The third kappa shape index (κ3) is 5.69. The van der Waals surface area contributed by atoms with Gasteiger partial charge >= 0.3 is 6.18 Å². The molecule has 3 aromatic rings. The summed E-state index contributed by atoms with van der Waals surface area (Å²) in [6.07, 6.45) is 1.56. The molecule has 0 bridgehead atoms. The summed E-state index contributed by atoms with van der Waals surface area (Å²) in [7, 11) is 1.85. The van der Waals surface area contributed by atoms with Gasteiger partial charge in [-0.05, 0) is 79.5 Å². The minimum Gasteiger partial charge on any atom is -0.321 e. The number of rotatable bonds is 9. The average Bonchev–Trinajstić information content (AvgIpc) is 3.43. The quantitative estimate of drug-likeness (QED) is 0.399. The Bertz CT molecular complexity index is 1420. The molecule has 2 aromatic carbocycles. The van der Waals surface area contributed by atoms with Gasteiger partial charge in [0.05, 0.1) is 18.2 Å². The number of nitriles is 1. The number of fused-ring (bicyclic) bond motifs is 1. The maximum absolute atomic E-state index is 14.1. The molecule has 1 atom stereocenters. The maximum atomic E-state index is 14.1. The van der Waals surface area contributed by atoms with Gasteiger partial charge < -0.3 is 14.8 Å². The van der Waals surface area contributed by atoms with Gasteiger partial charge in [-0.25, -0.2) is 0 Å². The Morgan fingerprint density at radius 1 is 1.18 bits per heavy atom. The summed E-state index contributed by atoms with van der Waals surface area (Å²) in [5.74, 6) is 0.314. The van der Waals surface area contributed by atoms with E-state index in [1.165, 1.54) is 11.0 Å². The first kappa shape index (κ1) is 26.9. The second-order valence-corrected chi connectivity index (χ2v) is 11.0. The Balaban J connectivity index is 1.38. The summed E-state index contributed by atoms with van der Waals surface area (Å²) >= 11 is 0. The van der Waals surface area contributed by atoms with Crippen LogP contribution >= 0.6 is 0 Å². The zero-order valence-electron chi connectivity index (χ0n) is 22.1. The highest BCUT2D eigenvalue weighted by atomic mass is 19.4. The van der Waals surface area contributed by atoms with Gasteiger partial charge in [-0.3, -0.25) is 4.79 Å². The summed E-state index contributed by atoms with van der Waals surface area (Å²) in [6.45, 7) is 2.21. The van der Waals surface area contributed by atoms with E-state index in [1.807, 2.05) is 23.7 Å². The second kappa shape index (κ2) is 10.5. The van der Waals surface area contributed by atoms with Crippen molar-refractivity contribution in [2.75, 3.05) is 4.90 Å². The first-order valence-electron chi connectivity index (χ1n) is 13.1. The number of benzene rings is 2. The Hall–Kier alpha value is -3.71. The highest BCUT2D eigenvalue weighted by molar-refractivity contribution is 6.10. The van der Waals surface area contributed by atoms with Crippen molar-refractivity contribution in [1.29, 1.82) is 5.26 Å². The Morgan fingerprint density at radius 2 is 1.97 bits per heavy atom. The van der Waals surface area contributed by atoms with Crippen LogP contribution in [-0.4, -0.2) is 26.2 Å². The summed E-state index contributed by atoms with van der Waals surface area (Å²) in [6, 6.07) is 12.3. The largest absolute Gasteiger partial charge is 0.416 e. The lowest BCUT2D eigenvalue weighted by Gasteiger charge is -2.39. The van der Waals surface area contributed by atoms with Gasteiger partial charge in [0.2, 0.25) is 0 Å². The summed E-state index contributed by atoms with van der Waals surface area (Å²) in [4.78, 5) is 14.9. The van der Waals surface area contributed by atoms with Crippen molar-refractivity contribution in [3.05, 3.63) is 76.4 Å². The topological polar surface area (TPSA) is 86.8 Å². The van der Waals surface area contributed by atoms with Crippen LogP contribution < -0.4 is 10.2 Å². The minimum atomic E-state index is -4.57. The monoisotopic (exact) mass is 536 g/mol. The molecule has 2 aliphatic rings. The number of aromatic nitrogens is 3. The molecule has 0 saturated heterocycles. The minimum absolute atomic E-state index is 0.0150. The van der Waals surface area contributed by atoms with E-state index >= 15 is 0 Å². The molecule has 1 fully saturated rings. The zero-order valence-corrected chi connectivity index (χ0v) is 22.1.